The van der Waals surface area contributed by atoms with E-state index >= 15 is 0 Å². The molecule has 0 amide bonds. The lowest BCUT2D eigenvalue weighted by Gasteiger charge is -2.27. The van der Waals surface area contributed by atoms with Crippen LogP contribution in [-0.4, -0.2) is 7.11 Å². The van der Waals surface area contributed by atoms with E-state index in [1.54, 1.807) is 7.11 Å². The second kappa shape index (κ2) is 16.8. The van der Waals surface area contributed by atoms with Crippen molar-refractivity contribution in [2.75, 3.05) is 12.0 Å². The van der Waals surface area contributed by atoms with Gasteiger partial charge in [-0.3, -0.25) is 0 Å². The maximum atomic E-state index is 5.49. The zero-order chi connectivity index (χ0) is 31.8. The van der Waals surface area contributed by atoms with Crippen molar-refractivity contribution in [1.82, 2.24) is 0 Å². The second-order valence-corrected chi connectivity index (χ2v) is 10.7. The Morgan fingerprint density at radius 1 is 0.435 bits per heavy atom. The highest BCUT2D eigenvalue weighted by molar-refractivity contribution is 5.79. The van der Waals surface area contributed by atoms with Gasteiger partial charge in [-0.15, -0.1) is 0 Å². The Balaban J connectivity index is 1.30. The molecule has 2 nitrogen and oxygen atoms in total. The highest BCUT2D eigenvalue weighted by Crippen LogP contribution is 2.38. The Morgan fingerprint density at radius 2 is 0.826 bits per heavy atom. The number of nitrogens with zero attached hydrogens (tertiary/aromatic N) is 1. The molecule has 2 heteroatoms. The molecule has 5 aromatic carbocycles. The van der Waals surface area contributed by atoms with Gasteiger partial charge in [-0.2, -0.15) is 0 Å². The van der Waals surface area contributed by atoms with E-state index in [9.17, 15) is 0 Å². The van der Waals surface area contributed by atoms with Crippen molar-refractivity contribution < 1.29 is 4.74 Å². The fourth-order valence-corrected chi connectivity index (χ4v) is 4.95. The molecule has 0 radical (unpaired) electrons. The minimum atomic E-state index is 0.848. The zero-order valence-corrected chi connectivity index (χ0v) is 26.4. The average molecular weight is 598 g/mol. The van der Waals surface area contributed by atoms with Gasteiger partial charge in [-0.05, 0) is 77.2 Å². The maximum Gasteiger partial charge on any atom is 0.119 e. The van der Waals surface area contributed by atoms with Gasteiger partial charge in [0.05, 0.1) is 7.11 Å². The molecule has 0 aromatic heterocycles. The van der Waals surface area contributed by atoms with E-state index in [4.69, 9.17) is 4.74 Å². The number of ether oxygens (including phenoxy) is 1. The Hall–Kier alpha value is -5.86. The smallest absolute Gasteiger partial charge is 0.119 e. The molecule has 0 bridgehead atoms. The molecule has 5 aromatic rings. The summed E-state index contributed by atoms with van der Waals surface area (Å²) in [5.74, 6) is 0.848. The molecule has 5 rings (SSSR count). The summed E-state index contributed by atoms with van der Waals surface area (Å²) in [5, 5.41) is 0. The fraction of sp³-hybridized carbons (Fsp3) is 0.0455. The van der Waals surface area contributed by atoms with Crippen LogP contribution in [-0.2, 0) is 0 Å². The van der Waals surface area contributed by atoms with Crippen molar-refractivity contribution in [3.05, 3.63) is 204 Å². The molecule has 0 aliphatic carbocycles. The van der Waals surface area contributed by atoms with Gasteiger partial charge >= 0.3 is 0 Å². The van der Waals surface area contributed by atoms with E-state index in [1.807, 2.05) is 66.8 Å². The average Bonchev–Trinajstić information content (AvgIpc) is 3.10. The largest absolute Gasteiger partial charge is 0.497 e. The highest BCUT2D eigenvalue weighted by Gasteiger charge is 2.15. The third kappa shape index (κ3) is 9.32. The Bertz CT molecular complexity index is 1730. The third-order valence-corrected chi connectivity index (χ3v) is 7.37. The number of benzene rings is 5. The normalized spacial score (nSPS) is 12.0. The molecule has 0 N–H and O–H groups in total. The second-order valence-electron chi connectivity index (χ2n) is 10.7. The molecule has 0 heterocycles. The Morgan fingerprint density at radius 3 is 1.20 bits per heavy atom. The lowest BCUT2D eigenvalue weighted by atomic mass is 10.1. The summed E-state index contributed by atoms with van der Waals surface area (Å²) in [4.78, 5) is 2.29. The van der Waals surface area contributed by atoms with Gasteiger partial charge in [0.2, 0.25) is 0 Å². The minimum Gasteiger partial charge on any atom is -0.497 e. The number of hydrogen-bond donors (Lipinski definition) is 0. The molecule has 0 aliphatic rings. The van der Waals surface area contributed by atoms with Crippen LogP contribution in [0.5, 0.6) is 5.75 Å². The molecule has 46 heavy (non-hydrogen) atoms. The number of aryl methyl sites for hydroxylation is 1. The van der Waals surface area contributed by atoms with Gasteiger partial charge in [0, 0.05) is 17.1 Å². The monoisotopic (exact) mass is 597 g/mol. The Kier molecular flexibility index (Phi) is 11.6. The van der Waals surface area contributed by atoms with Gasteiger partial charge in [0.25, 0.3) is 0 Å². The summed E-state index contributed by atoms with van der Waals surface area (Å²) in [6, 6.07) is 44.1. The summed E-state index contributed by atoms with van der Waals surface area (Å²) in [5.41, 5.74) is 9.07. The van der Waals surface area contributed by atoms with Gasteiger partial charge < -0.3 is 9.64 Å². The van der Waals surface area contributed by atoms with E-state index in [2.05, 4.69) is 145 Å². The molecule has 0 unspecified atom stereocenters. The number of anilines is 3. The lowest BCUT2D eigenvalue weighted by Crippen LogP contribution is -2.11. The van der Waals surface area contributed by atoms with Crippen LogP contribution in [0.3, 0.4) is 0 Å². The molecule has 226 valence electrons. The number of methoxy groups -OCH3 is 1. The van der Waals surface area contributed by atoms with Gasteiger partial charge in [0.1, 0.15) is 5.75 Å². The van der Waals surface area contributed by atoms with Crippen LogP contribution < -0.4 is 9.64 Å². The van der Waals surface area contributed by atoms with Crippen molar-refractivity contribution >= 4 is 41.4 Å². The standard InChI is InChI=1S/C44H39NO/c1-36-35-43(46-2)33-34-44(36)45(41-29-25-39(26-30-41)23-11-5-3-9-17-37-19-13-7-14-20-37)42-31-27-40(28-32-42)24-12-6-4-10-18-38-21-15-8-16-22-38/h3-35H,1-2H3. The Labute approximate surface area is 274 Å². The first-order valence-electron chi connectivity index (χ1n) is 15.5. The molecule has 0 aliphatic heterocycles. The van der Waals surface area contributed by atoms with E-state index in [0.717, 1.165) is 39.5 Å². The first kappa shape index (κ1) is 31.6. The highest BCUT2D eigenvalue weighted by atomic mass is 16.5. The van der Waals surface area contributed by atoms with Crippen LogP contribution in [0.15, 0.2) is 176 Å². The number of rotatable bonds is 12. The van der Waals surface area contributed by atoms with E-state index in [-0.39, 0.29) is 0 Å². The molecule has 0 atom stereocenters. The summed E-state index contributed by atoms with van der Waals surface area (Å²) in [7, 11) is 1.70. The molecule has 0 saturated carbocycles. The van der Waals surface area contributed by atoms with Crippen molar-refractivity contribution in [2.45, 2.75) is 6.92 Å². The van der Waals surface area contributed by atoms with Crippen molar-refractivity contribution in [1.29, 1.82) is 0 Å². The molecular weight excluding hydrogens is 558 g/mol. The van der Waals surface area contributed by atoms with Crippen molar-refractivity contribution in [3.63, 3.8) is 0 Å². The maximum absolute atomic E-state index is 5.49. The first-order chi connectivity index (χ1) is 22.7. The zero-order valence-electron chi connectivity index (χ0n) is 26.4. The van der Waals surface area contributed by atoms with Crippen LogP contribution >= 0.6 is 0 Å². The summed E-state index contributed by atoms with van der Waals surface area (Å²) >= 11 is 0. The quantitative estimate of drug-likeness (QED) is 0.133. The van der Waals surface area contributed by atoms with Crippen LogP contribution in [0.4, 0.5) is 17.1 Å². The van der Waals surface area contributed by atoms with Gasteiger partial charge in [-0.1, -0.05) is 158 Å². The van der Waals surface area contributed by atoms with Crippen molar-refractivity contribution in [3.8, 4) is 5.75 Å². The van der Waals surface area contributed by atoms with Crippen LogP contribution in [0.1, 0.15) is 27.8 Å². The summed E-state index contributed by atoms with van der Waals surface area (Å²) in [6.45, 7) is 2.12. The lowest BCUT2D eigenvalue weighted by molar-refractivity contribution is 0.414. The SMILES string of the molecule is COc1ccc(N(c2ccc(C=CC=CC=Cc3ccccc3)cc2)c2ccc(C=CC=CC=Cc3ccccc3)cc2)c(C)c1. The fourth-order valence-electron chi connectivity index (χ4n) is 4.95. The van der Waals surface area contributed by atoms with E-state index in [0.29, 0.717) is 0 Å². The number of allylic oxidation sites excluding steroid dienone is 8. The van der Waals surface area contributed by atoms with E-state index < -0.39 is 0 Å². The minimum absolute atomic E-state index is 0.848. The molecule has 0 saturated heterocycles. The van der Waals surface area contributed by atoms with Crippen LogP contribution in [0, 0.1) is 6.92 Å². The van der Waals surface area contributed by atoms with Crippen molar-refractivity contribution in [2.24, 2.45) is 0 Å². The van der Waals surface area contributed by atoms with Crippen LogP contribution in [0.2, 0.25) is 0 Å². The van der Waals surface area contributed by atoms with Crippen LogP contribution in [0.25, 0.3) is 24.3 Å². The molecule has 0 fully saturated rings. The molecular formula is C44H39NO. The summed E-state index contributed by atoms with van der Waals surface area (Å²) < 4.78 is 5.49. The predicted molar refractivity (Wildman–Crippen MR) is 200 cm³/mol. The number of hydrogen-bond acceptors (Lipinski definition) is 2. The molecule has 0 spiro atoms. The third-order valence-electron chi connectivity index (χ3n) is 7.37. The van der Waals surface area contributed by atoms with Gasteiger partial charge in [0.15, 0.2) is 0 Å². The first-order valence-corrected chi connectivity index (χ1v) is 15.5. The summed E-state index contributed by atoms with van der Waals surface area (Å²) in [6.07, 6.45) is 24.9. The van der Waals surface area contributed by atoms with Gasteiger partial charge in [-0.25, -0.2) is 0 Å². The predicted octanol–water partition coefficient (Wildman–Crippen LogP) is 12.0. The topological polar surface area (TPSA) is 12.5 Å². The van der Waals surface area contributed by atoms with E-state index in [1.165, 1.54) is 11.1 Å².